The Labute approximate surface area is 152 Å². The van der Waals surface area contributed by atoms with E-state index in [-0.39, 0.29) is 0 Å². The van der Waals surface area contributed by atoms with Crippen LogP contribution < -0.4 is 15.0 Å². The summed E-state index contributed by atoms with van der Waals surface area (Å²) in [5.74, 6) is 2.28. The number of para-hydroxylation sites is 1. The molecule has 1 aliphatic rings. The van der Waals surface area contributed by atoms with Gasteiger partial charge in [0, 0.05) is 25.0 Å². The molecule has 0 unspecified atom stereocenters. The summed E-state index contributed by atoms with van der Waals surface area (Å²) >= 11 is 0. The molecule has 1 aromatic heterocycles. The van der Waals surface area contributed by atoms with E-state index in [0.717, 1.165) is 35.6 Å². The van der Waals surface area contributed by atoms with Crippen molar-refractivity contribution in [1.29, 1.82) is 0 Å². The summed E-state index contributed by atoms with van der Waals surface area (Å²) in [6, 6.07) is 16.2. The molecule has 0 amide bonds. The number of anilines is 2. The van der Waals surface area contributed by atoms with Crippen molar-refractivity contribution in [3.05, 3.63) is 54.1 Å². The summed E-state index contributed by atoms with van der Waals surface area (Å²) in [4.78, 5) is 11.7. The molecule has 6 nitrogen and oxygen atoms in total. The number of methoxy groups -OCH3 is 1. The molecule has 0 saturated carbocycles. The van der Waals surface area contributed by atoms with Crippen LogP contribution in [0.25, 0.3) is 10.9 Å². The molecule has 1 saturated heterocycles. The van der Waals surface area contributed by atoms with Gasteiger partial charge in [-0.3, -0.25) is 0 Å². The van der Waals surface area contributed by atoms with Crippen LogP contribution in [-0.4, -0.2) is 43.4 Å². The number of hydrogen-bond acceptors (Lipinski definition) is 6. The van der Waals surface area contributed by atoms with Gasteiger partial charge in [-0.1, -0.05) is 36.4 Å². The largest absolute Gasteiger partial charge is 0.494 e. The lowest BCUT2D eigenvalue weighted by molar-refractivity contribution is 0.122. The standard InChI is InChI=1S/C20H22N4O2/c1-25-17-9-5-8-16-18(17)22-20(24-10-12-26-13-11-24)23-19(16)21-14-15-6-3-2-4-7-15/h2-9H,10-14H2,1H3,(H,21,22,23). The zero-order valence-corrected chi connectivity index (χ0v) is 14.8. The Morgan fingerprint density at radius 2 is 1.85 bits per heavy atom. The Hall–Kier alpha value is -2.86. The average Bonchev–Trinajstić information content (AvgIpc) is 2.72. The lowest BCUT2D eigenvalue weighted by Gasteiger charge is -2.27. The molecule has 0 radical (unpaired) electrons. The Morgan fingerprint density at radius 3 is 2.62 bits per heavy atom. The smallest absolute Gasteiger partial charge is 0.228 e. The first-order valence-corrected chi connectivity index (χ1v) is 8.80. The minimum absolute atomic E-state index is 0.695. The summed E-state index contributed by atoms with van der Waals surface area (Å²) in [5, 5.41) is 4.43. The second kappa shape index (κ2) is 7.58. The summed E-state index contributed by atoms with van der Waals surface area (Å²) < 4.78 is 11.0. The molecule has 4 rings (SSSR count). The van der Waals surface area contributed by atoms with Crippen molar-refractivity contribution in [3.8, 4) is 5.75 Å². The van der Waals surface area contributed by atoms with Gasteiger partial charge in [-0.25, -0.2) is 4.98 Å². The zero-order chi connectivity index (χ0) is 17.8. The molecule has 0 bridgehead atoms. The number of aromatic nitrogens is 2. The van der Waals surface area contributed by atoms with Gasteiger partial charge >= 0.3 is 0 Å². The van der Waals surface area contributed by atoms with Crippen molar-refractivity contribution in [1.82, 2.24) is 9.97 Å². The lowest BCUT2D eigenvalue weighted by Crippen LogP contribution is -2.37. The Morgan fingerprint density at radius 1 is 1.04 bits per heavy atom. The maximum Gasteiger partial charge on any atom is 0.228 e. The van der Waals surface area contributed by atoms with E-state index in [1.165, 1.54) is 5.56 Å². The van der Waals surface area contributed by atoms with E-state index in [2.05, 4.69) is 22.3 Å². The van der Waals surface area contributed by atoms with Crippen LogP contribution in [0, 0.1) is 0 Å². The fourth-order valence-corrected chi connectivity index (χ4v) is 3.10. The number of morpholine rings is 1. The molecule has 1 aliphatic heterocycles. The highest BCUT2D eigenvalue weighted by Gasteiger charge is 2.18. The molecule has 134 valence electrons. The molecule has 2 heterocycles. The maximum atomic E-state index is 5.53. The summed E-state index contributed by atoms with van der Waals surface area (Å²) in [6.45, 7) is 3.67. The first kappa shape index (κ1) is 16.6. The molecule has 6 heteroatoms. The summed E-state index contributed by atoms with van der Waals surface area (Å²) in [6.07, 6.45) is 0. The first-order chi connectivity index (χ1) is 12.8. The molecule has 0 spiro atoms. The van der Waals surface area contributed by atoms with E-state index in [1.807, 2.05) is 36.4 Å². The Balaban J connectivity index is 1.73. The van der Waals surface area contributed by atoms with Crippen LogP contribution >= 0.6 is 0 Å². The van der Waals surface area contributed by atoms with E-state index < -0.39 is 0 Å². The number of ether oxygens (including phenoxy) is 2. The van der Waals surface area contributed by atoms with Gasteiger partial charge in [0.1, 0.15) is 17.1 Å². The fraction of sp³-hybridized carbons (Fsp3) is 0.300. The van der Waals surface area contributed by atoms with E-state index in [0.29, 0.717) is 25.7 Å². The van der Waals surface area contributed by atoms with Crippen LogP contribution in [0.15, 0.2) is 48.5 Å². The highest BCUT2D eigenvalue weighted by molar-refractivity contribution is 5.94. The quantitative estimate of drug-likeness (QED) is 0.763. The van der Waals surface area contributed by atoms with Gasteiger partial charge in [-0.15, -0.1) is 0 Å². The van der Waals surface area contributed by atoms with E-state index in [9.17, 15) is 0 Å². The second-order valence-corrected chi connectivity index (χ2v) is 6.17. The molecule has 0 aliphatic carbocycles. The third kappa shape index (κ3) is 3.41. The molecule has 3 aromatic rings. The topological polar surface area (TPSA) is 59.5 Å². The third-order valence-corrected chi connectivity index (χ3v) is 4.49. The minimum atomic E-state index is 0.695. The normalized spacial score (nSPS) is 14.4. The average molecular weight is 350 g/mol. The van der Waals surface area contributed by atoms with Crippen LogP contribution in [-0.2, 0) is 11.3 Å². The Kier molecular flexibility index (Phi) is 4.84. The highest BCUT2D eigenvalue weighted by Crippen LogP contribution is 2.30. The number of nitrogens with one attached hydrogen (secondary N) is 1. The van der Waals surface area contributed by atoms with Crippen LogP contribution in [0.4, 0.5) is 11.8 Å². The molecular weight excluding hydrogens is 328 g/mol. The van der Waals surface area contributed by atoms with Crippen LogP contribution in [0.5, 0.6) is 5.75 Å². The molecular formula is C20H22N4O2. The number of hydrogen-bond donors (Lipinski definition) is 1. The predicted octanol–water partition coefficient (Wildman–Crippen LogP) is 3.09. The van der Waals surface area contributed by atoms with Gasteiger partial charge in [0.25, 0.3) is 0 Å². The predicted molar refractivity (Wildman–Crippen MR) is 103 cm³/mol. The van der Waals surface area contributed by atoms with E-state index in [4.69, 9.17) is 19.4 Å². The van der Waals surface area contributed by atoms with Crippen LogP contribution in [0.1, 0.15) is 5.56 Å². The lowest BCUT2D eigenvalue weighted by atomic mass is 10.2. The molecule has 2 aromatic carbocycles. The van der Waals surface area contributed by atoms with Crippen molar-refractivity contribution in [2.45, 2.75) is 6.54 Å². The summed E-state index contributed by atoms with van der Waals surface area (Å²) in [5.41, 5.74) is 2.03. The molecule has 1 N–H and O–H groups in total. The fourth-order valence-electron chi connectivity index (χ4n) is 3.10. The van der Waals surface area contributed by atoms with Crippen molar-refractivity contribution in [3.63, 3.8) is 0 Å². The first-order valence-electron chi connectivity index (χ1n) is 8.80. The number of benzene rings is 2. The maximum absolute atomic E-state index is 5.53. The summed E-state index contributed by atoms with van der Waals surface area (Å²) in [7, 11) is 1.67. The minimum Gasteiger partial charge on any atom is -0.494 e. The van der Waals surface area contributed by atoms with Crippen molar-refractivity contribution in [2.75, 3.05) is 43.6 Å². The van der Waals surface area contributed by atoms with Gasteiger partial charge in [0.05, 0.1) is 20.3 Å². The Bertz CT molecular complexity index is 880. The van der Waals surface area contributed by atoms with Crippen LogP contribution in [0.2, 0.25) is 0 Å². The van der Waals surface area contributed by atoms with Gasteiger partial charge < -0.3 is 19.7 Å². The van der Waals surface area contributed by atoms with Gasteiger partial charge in [-0.2, -0.15) is 4.98 Å². The second-order valence-electron chi connectivity index (χ2n) is 6.17. The SMILES string of the molecule is COc1cccc2c(NCc3ccccc3)nc(N3CCOCC3)nc12. The van der Waals surface area contributed by atoms with E-state index in [1.54, 1.807) is 7.11 Å². The van der Waals surface area contributed by atoms with Crippen molar-refractivity contribution in [2.24, 2.45) is 0 Å². The number of rotatable bonds is 5. The molecule has 26 heavy (non-hydrogen) atoms. The van der Waals surface area contributed by atoms with Crippen molar-refractivity contribution < 1.29 is 9.47 Å². The van der Waals surface area contributed by atoms with Crippen LogP contribution in [0.3, 0.4) is 0 Å². The van der Waals surface area contributed by atoms with Gasteiger partial charge in [0.15, 0.2) is 0 Å². The number of fused-ring (bicyclic) bond motifs is 1. The van der Waals surface area contributed by atoms with Crippen molar-refractivity contribution >= 4 is 22.7 Å². The monoisotopic (exact) mass is 350 g/mol. The molecule has 1 fully saturated rings. The zero-order valence-electron chi connectivity index (χ0n) is 14.8. The molecule has 0 atom stereocenters. The van der Waals surface area contributed by atoms with Gasteiger partial charge in [0.2, 0.25) is 5.95 Å². The number of nitrogens with zero attached hydrogens (tertiary/aromatic N) is 3. The highest BCUT2D eigenvalue weighted by atomic mass is 16.5. The van der Waals surface area contributed by atoms with Gasteiger partial charge in [-0.05, 0) is 17.7 Å². The van der Waals surface area contributed by atoms with E-state index >= 15 is 0 Å². The third-order valence-electron chi connectivity index (χ3n) is 4.49.